The third-order valence-electron chi connectivity index (χ3n) is 2.75. The predicted octanol–water partition coefficient (Wildman–Crippen LogP) is 3.47. The Labute approximate surface area is 105 Å². The lowest BCUT2D eigenvalue weighted by Crippen LogP contribution is -2.13. The van der Waals surface area contributed by atoms with E-state index in [2.05, 4.69) is 0 Å². The summed E-state index contributed by atoms with van der Waals surface area (Å²) < 4.78 is 0. The molecule has 1 heterocycles. The second-order valence-electron chi connectivity index (χ2n) is 4.10. The van der Waals surface area contributed by atoms with E-state index in [0.29, 0.717) is 6.42 Å². The molecule has 0 saturated heterocycles. The minimum absolute atomic E-state index is 0.433. The van der Waals surface area contributed by atoms with Gasteiger partial charge in [0.15, 0.2) is 0 Å². The molecular weight excluding hydrogens is 232 g/mol. The molecule has 2 rings (SSSR count). The van der Waals surface area contributed by atoms with Crippen molar-refractivity contribution in [3.8, 4) is 0 Å². The molecule has 0 aliphatic heterocycles. The molecule has 0 radical (unpaired) electrons. The van der Waals surface area contributed by atoms with Crippen LogP contribution in [0.1, 0.15) is 21.9 Å². The second-order valence-corrected chi connectivity index (χ2v) is 5.08. The molecule has 0 aliphatic rings. The normalized spacial score (nSPS) is 12.3. The standard InChI is InChI=1S/C14H14O2S/c1-10-4-6-11(7-5-10)9-12(14(15)16)13-3-2-8-17-13/h2-8,12H,9H2,1H3,(H,15,16). The Morgan fingerprint density at radius 2 is 2.00 bits per heavy atom. The SMILES string of the molecule is Cc1ccc(CC(C(=O)O)c2cccs2)cc1. The van der Waals surface area contributed by atoms with Crippen LogP contribution >= 0.6 is 11.3 Å². The maximum atomic E-state index is 11.3. The van der Waals surface area contributed by atoms with Crippen molar-refractivity contribution >= 4 is 17.3 Å². The summed E-state index contributed by atoms with van der Waals surface area (Å²) in [7, 11) is 0. The molecule has 88 valence electrons. The van der Waals surface area contributed by atoms with Gasteiger partial charge >= 0.3 is 5.97 Å². The minimum atomic E-state index is -0.756. The van der Waals surface area contributed by atoms with Crippen LogP contribution in [-0.4, -0.2) is 11.1 Å². The number of carboxylic acid groups (broad SMARTS) is 1. The van der Waals surface area contributed by atoms with Crippen molar-refractivity contribution in [2.24, 2.45) is 0 Å². The molecule has 1 atom stereocenters. The lowest BCUT2D eigenvalue weighted by Gasteiger charge is -2.10. The quantitative estimate of drug-likeness (QED) is 0.897. The average Bonchev–Trinajstić information content (AvgIpc) is 2.81. The molecule has 0 bridgehead atoms. The van der Waals surface area contributed by atoms with Crippen LogP contribution in [-0.2, 0) is 11.2 Å². The first-order valence-electron chi connectivity index (χ1n) is 5.48. The van der Waals surface area contributed by atoms with Crippen LogP contribution < -0.4 is 0 Å². The van der Waals surface area contributed by atoms with E-state index in [1.165, 1.54) is 16.9 Å². The van der Waals surface area contributed by atoms with Gasteiger partial charge in [0.2, 0.25) is 0 Å². The molecule has 2 nitrogen and oxygen atoms in total. The molecule has 0 fully saturated rings. The van der Waals surface area contributed by atoms with E-state index >= 15 is 0 Å². The largest absolute Gasteiger partial charge is 0.481 e. The average molecular weight is 246 g/mol. The van der Waals surface area contributed by atoms with Gasteiger partial charge in [-0.05, 0) is 30.4 Å². The van der Waals surface area contributed by atoms with E-state index in [4.69, 9.17) is 0 Å². The van der Waals surface area contributed by atoms with Crippen molar-refractivity contribution in [1.82, 2.24) is 0 Å². The second kappa shape index (κ2) is 5.15. The Kier molecular flexibility index (Phi) is 3.59. The van der Waals surface area contributed by atoms with Crippen molar-refractivity contribution < 1.29 is 9.90 Å². The Morgan fingerprint density at radius 3 is 2.53 bits per heavy atom. The molecule has 1 N–H and O–H groups in total. The van der Waals surface area contributed by atoms with Crippen molar-refractivity contribution in [1.29, 1.82) is 0 Å². The van der Waals surface area contributed by atoms with Crippen molar-refractivity contribution in [3.05, 3.63) is 57.8 Å². The zero-order valence-corrected chi connectivity index (χ0v) is 10.4. The predicted molar refractivity (Wildman–Crippen MR) is 69.6 cm³/mol. The molecule has 1 aromatic heterocycles. The lowest BCUT2D eigenvalue weighted by molar-refractivity contribution is -0.138. The molecule has 0 amide bonds. The fourth-order valence-electron chi connectivity index (χ4n) is 1.76. The summed E-state index contributed by atoms with van der Waals surface area (Å²) in [5.41, 5.74) is 2.26. The number of thiophene rings is 1. The maximum absolute atomic E-state index is 11.3. The summed E-state index contributed by atoms with van der Waals surface area (Å²) in [6.07, 6.45) is 0.552. The zero-order chi connectivity index (χ0) is 12.3. The number of hydrogen-bond acceptors (Lipinski definition) is 2. The summed E-state index contributed by atoms with van der Waals surface area (Å²) in [6, 6.07) is 11.8. The van der Waals surface area contributed by atoms with Crippen LogP contribution in [0.15, 0.2) is 41.8 Å². The van der Waals surface area contributed by atoms with Gasteiger partial charge in [0.1, 0.15) is 0 Å². The molecule has 3 heteroatoms. The van der Waals surface area contributed by atoms with Gasteiger partial charge in [-0.1, -0.05) is 35.9 Å². The van der Waals surface area contributed by atoms with Gasteiger partial charge < -0.3 is 5.11 Å². The van der Waals surface area contributed by atoms with E-state index in [1.54, 1.807) is 0 Å². The Balaban J connectivity index is 2.19. The van der Waals surface area contributed by atoms with E-state index in [0.717, 1.165) is 10.4 Å². The summed E-state index contributed by atoms with van der Waals surface area (Å²) in [5.74, 6) is -1.19. The van der Waals surface area contributed by atoms with Gasteiger partial charge in [0, 0.05) is 4.88 Å². The maximum Gasteiger partial charge on any atom is 0.312 e. The van der Waals surface area contributed by atoms with Gasteiger partial charge in [0.25, 0.3) is 0 Å². The summed E-state index contributed by atoms with van der Waals surface area (Å²) in [5, 5.41) is 11.2. The molecular formula is C14H14O2S. The number of carboxylic acids is 1. The Morgan fingerprint density at radius 1 is 1.29 bits per heavy atom. The van der Waals surface area contributed by atoms with Crippen molar-refractivity contribution in [3.63, 3.8) is 0 Å². The van der Waals surface area contributed by atoms with Crippen molar-refractivity contribution in [2.75, 3.05) is 0 Å². The smallest absolute Gasteiger partial charge is 0.312 e. The molecule has 2 aromatic rings. The zero-order valence-electron chi connectivity index (χ0n) is 9.59. The fourth-order valence-corrected chi connectivity index (χ4v) is 2.58. The first-order valence-corrected chi connectivity index (χ1v) is 6.36. The number of aliphatic carboxylic acids is 1. The monoisotopic (exact) mass is 246 g/mol. The van der Waals surface area contributed by atoms with Gasteiger partial charge in [-0.15, -0.1) is 11.3 Å². The third-order valence-corrected chi connectivity index (χ3v) is 3.73. The molecule has 1 aromatic carbocycles. The van der Waals surface area contributed by atoms with Gasteiger partial charge in [-0.3, -0.25) is 4.79 Å². The highest BCUT2D eigenvalue weighted by atomic mass is 32.1. The van der Waals surface area contributed by atoms with E-state index in [-0.39, 0.29) is 0 Å². The molecule has 17 heavy (non-hydrogen) atoms. The summed E-state index contributed by atoms with van der Waals surface area (Å²) in [4.78, 5) is 12.2. The first kappa shape index (κ1) is 11.9. The van der Waals surface area contributed by atoms with Crippen LogP contribution in [0, 0.1) is 6.92 Å². The Hall–Kier alpha value is -1.61. The van der Waals surface area contributed by atoms with Crippen LogP contribution in [0.2, 0.25) is 0 Å². The lowest BCUT2D eigenvalue weighted by atomic mass is 9.97. The number of aryl methyl sites for hydroxylation is 1. The Bertz CT molecular complexity index is 485. The highest BCUT2D eigenvalue weighted by molar-refractivity contribution is 7.10. The van der Waals surface area contributed by atoms with Gasteiger partial charge in [0.05, 0.1) is 5.92 Å². The minimum Gasteiger partial charge on any atom is -0.481 e. The summed E-state index contributed by atoms with van der Waals surface area (Å²) in [6.45, 7) is 2.03. The van der Waals surface area contributed by atoms with Gasteiger partial charge in [-0.2, -0.15) is 0 Å². The number of carbonyl (C=O) groups is 1. The van der Waals surface area contributed by atoms with E-state index in [1.807, 2.05) is 48.7 Å². The fraction of sp³-hybridized carbons (Fsp3) is 0.214. The van der Waals surface area contributed by atoms with Crippen LogP contribution in [0.25, 0.3) is 0 Å². The van der Waals surface area contributed by atoms with Crippen molar-refractivity contribution in [2.45, 2.75) is 19.3 Å². The highest BCUT2D eigenvalue weighted by Gasteiger charge is 2.20. The highest BCUT2D eigenvalue weighted by Crippen LogP contribution is 2.25. The summed E-state index contributed by atoms with van der Waals surface area (Å²) >= 11 is 1.50. The molecule has 0 saturated carbocycles. The van der Waals surface area contributed by atoms with Crippen LogP contribution in [0.3, 0.4) is 0 Å². The van der Waals surface area contributed by atoms with Crippen LogP contribution in [0.5, 0.6) is 0 Å². The first-order chi connectivity index (χ1) is 8.16. The molecule has 0 aliphatic carbocycles. The van der Waals surface area contributed by atoms with E-state index in [9.17, 15) is 9.90 Å². The molecule has 1 unspecified atom stereocenters. The molecule has 0 spiro atoms. The van der Waals surface area contributed by atoms with Crippen LogP contribution in [0.4, 0.5) is 0 Å². The number of rotatable bonds is 4. The number of hydrogen-bond donors (Lipinski definition) is 1. The van der Waals surface area contributed by atoms with E-state index < -0.39 is 11.9 Å². The van der Waals surface area contributed by atoms with Gasteiger partial charge in [-0.25, -0.2) is 0 Å². The number of benzene rings is 1. The topological polar surface area (TPSA) is 37.3 Å². The third kappa shape index (κ3) is 2.94.